The Morgan fingerprint density at radius 1 is 1.11 bits per heavy atom. The zero-order valence-corrected chi connectivity index (χ0v) is 15.3. The lowest BCUT2D eigenvalue weighted by Crippen LogP contribution is -2.47. The van der Waals surface area contributed by atoms with Gasteiger partial charge in [0, 0.05) is 0 Å². The lowest BCUT2D eigenvalue weighted by atomic mass is 9.95. The molecular weight excluding hydrogens is 348 g/mol. The van der Waals surface area contributed by atoms with E-state index >= 15 is 0 Å². The molecule has 1 aromatic rings. The van der Waals surface area contributed by atoms with E-state index in [0.717, 1.165) is 31.2 Å². The van der Waals surface area contributed by atoms with Crippen LogP contribution in [0.1, 0.15) is 44.2 Å². The Labute approximate surface area is 158 Å². The number of carbonyl (C=O) groups is 3. The van der Waals surface area contributed by atoms with Gasteiger partial charge in [0.25, 0.3) is 0 Å². The molecule has 1 unspecified atom stereocenters. The standard InChI is InChI=1S/C20H24N2O5/c1-2-26-19(24)16-15(12-27-18(23)14-10-6-7-11-14)21-20(25)22-17(16)13-8-4-3-5-9-13/h3-5,8-9,14,17H,2,6-7,10-12H2,1H3,(H2,21,22,25). The van der Waals surface area contributed by atoms with Crippen molar-refractivity contribution in [2.45, 2.75) is 38.6 Å². The Hall–Kier alpha value is -2.83. The monoisotopic (exact) mass is 372 g/mol. The van der Waals surface area contributed by atoms with Crippen molar-refractivity contribution in [3.63, 3.8) is 0 Å². The summed E-state index contributed by atoms with van der Waals surface area (Å²) in [7, 11) is 0. The molecule has 27 heavy (non-hydrogen) atoms. The predicted molar refractivity (Wildman–Crippen MR) is 97.4 cm³/mol. The molecule has 1 heterocycles. The molecule has 0 spiro atoms. The zero-order valence-electron chi connectivity index (χ0n) is 15.3. The smallest absolute Gasteiger partial charge is 0.338 e. The second kappa shape index (κ2) is 8.70. The normalized spacial score (nSPS) is 20.0. The first-order valence-electron chi connectivity index (χ1n) is 9.29. The topological polar surface area (TPSA) is 93.7 Å². The second-order valence-electron chi connectivity index (χ2n) is 6.64. The van der Waals surface area contributed by atoms with Gasteiger partial charge < -0.3 is 20.1 Å². The van der Waals surface area contributed by atoms with E-state index in [9.17, 15) is 14.4 Å². The SMILES string of the molecule is CCOC(=O)C1=C(COC(=O)C2CCCC2)NC(=O)NC1c1ccccc1. The first-order valence-corrected chi connectivity index (χ1v) is 9.29. The summed E-state index contributed by atoms with van der Waals surface area (Å²) in [4.78, 5) is 37.0. The molecule has 7 nitrogen and oxygen atoms in total. The number of hydrogen-bond acceptors (Lipinski definition) is 5. The maximum atomic E-state index is 12.6. The van der Waals surface area contributed by atoms with Gasteiger partial charge in [0.2, 0.25) is 0 Å². The minimum Gasteiger partial charge on any atom is -0.463 e. The van der Waals surface area contributed by atoms with E-state index in [1.807, 2.05) is 30.3 Å². The maximum Gasteiger partial charge on any atom is 0.338 e. The largest absolute Gasteiger partial charge is 0.463 e. The van der Waals surface area contributed by atoms with Crippen molar-refractivity contribution in [1.82, 2.24) is 10.6 Å². The van der Waals surface area contributed by atoms with Crippen LogP contribution >= 0.6 is 0 Å². The number of rotatable bonds is 6. The third-order valence-electron chi connectivity index (χ3n) is 4.83. The summed E-state index contributed by atoms with van der Waals surface area (Å²) in [6.45, 7) is 1.75. The molecule has 2 amide bonds. The van der Waals surface area contributed by atoms with E-state index < -0.39 is 18.0 Å². The molecule has 1 aromatic carbocycles. The minimum absolute atomic E-state index is 0.0982. The van der Waals surface area contributed by atoms with Gasteiger partial charge in [-0.25, -0.2) is 9.59 Å². The van der Waals surface area contributed by atoms with Crippen LogP contribution < -0.4 is 10.6 Å². The van der Waals surface area contributed by atoms with Crippen LogP contribution in [-0.2, 0) is 19.1 Å². The van der Waals surface area contributed by atoms with Gasteiger partial charge in [-0.05, 0) is 25.3 Å². The summed E-state index contributed by atoms with van der Waals surface area (Å²) < 4.78 is 10.6. The van der Waals surface area contributed by atoms with Crippen LogP contribution in [0.15, 0.2) is 41.6 Å². The van der Waals surface area contributed by atoms with Gasteiger partial charge in [-0.3, -0.25) is 4.79 Å². The summed E-state index contributed by atoms with van der Waals surface area (Å²) in [5.74, 6) is -0.933. The van der Waals surface area contributed by atoms with Crippen LogP contribution in [0, 0.1) is 5.92 Å². The Balaban J connectivity index is 1.87. The molecule has 2 N–H and O–H groups in total. The lowest BCUT2D eigenvalue weighted by molar-refractivity contribution is -0.147. The molecule has 0 bridgehead atoms. The summed E-state index contributed by atoms with van der Waals surface area (Å²) in [6.07, 6.45) is 3.69. The fourth-order valence-electron chi connectivity index (χ4n) is 3.50. The highest BCUT2D eigenvalue weighted by Crippen LogP contribution is 2.29. The number of nitrogens with one attached hydrogen (secondary N) is 2. The molecule has 0 radical (unpaired) electrons. The molecule has 7 heteroatoms. The first kappa shape index (κ1) is 18.9. The zero-order chi connectivity index (χ0) is 19.2. The van der Waals surface area contributed by atoms with Gasteiger partial charge in [-0.15, -0.1) is 0 Å². The van der Waals surface area contributed by atoms with E-state index in [0.29, 0.717) is 0 Å². The van der Waals surface area contributed by atoms with Crippen LogP contribution in [0.4, 0.5) is 4.79 Å². The van der Waals surface area contributed by atoms with Crippen molar-refractivity contribution in [2.24, 2.45) is 5.92 Å². The Bertz CT molecular complexity index is 738. The summed E-state index contributed by atoms with van der Waals surface area (Å²) in [5.41, 5.74) is 1.26. The quantitative estimate of drug-likeness (QED) is 0.749. The van der Waals surface area contributed by atoms with Gasteiger partial charge in [0.05, 0.1) is 29.8 Å². The summed E-state index contributed by atoms with van der Waals surface area (Å²) >= 11 is 0. The Morgan fingerprint density at radius 2 is 1.81 bits per heavy atom. The number of carbonyl (C=O) groups excluding carboxylic acids is 3. The van der Waals surface area contributed by atoms with Gasteiger partial charge in [-0.2, -0.15) is 0 Å². The first-order chi connectivity index (χ1) is 13.1. The van der Waals surface area contributed by atoms with E-state index in [4.69, 9.17) is 9.47 Å². The average Bonchev–Trinajstić information content (AvgIpc) is 3.21. The number of benzene rings is 1. The summed E-state index contributed by atoms with van der Waals surface area (Å²) in [5, 5.41) is 5.35. The third kappa shape index (κ3) is 4.48. The minimum atomic E-state index is -0.667. The van der Waals surface area contributed by atoms with E-state index in [1.54, 1.807) is 6.92 Å². The molecule has 1 atom stereocenters. The molecule has 2 aliphatic rings. The van der Waals surface area contributed by atoms with Crippen molar-refractivity contribution in [3.05, 3.63) is 47.2 Å². The molecule has 0 saturated heterocycles. The second-order valence-corrected chi connectivity index (χ2v) is 6.64. The third-order valence-corrected chi connectivity index (χ3v) is 4.83. The van der Waals surface area contributed by atoms with Gasteiger partial charge in [0.15, 0.2) is 0 Å². The highest BCUT2D eigenvalue weighted by atomic mass is 16.5. The van der Waals surface area contributed by atoms with E-state index in [1.165, 1.54) is 0 Å². The highest BCUT2D eigenvalue weighted by molar-refractivity contribution is 5.95. The van der Waals surface area contributed by atoms with Crippen molar-refractivity contribution < 1.29 is 23.9 Å². The van der Waals surface area contributed by atoms with Crippen molar-refractivity contribution in [2.75, 3.05) is 13.2 Å². The van der Waals surface area contributed by atoms with E-state index in [-0.39, 0.29) is 36.4 Å². The lowest BCUT2D eigenvalue weighted by Gasteiger charge is -2.29. The highest BCUT2D eigenvalue weighted by Gasteiger charge is 2.34. The van der Waals surface area contributed by atoms with Crippen LogP contribution in [0.2, 0.25) is 0 Å². The molecular formula is C20H24N2O5. The number of ether oxygens (including phenoxy) is 2. The maximum absolute atomic E-state index is 12.6. The molecule has 3 rings (SSSR count). The average molecular weight is 372 g/mol. The molecule has 144 valence electrons. The predicted octanol–water partition coefficient (Wildman–Crippen LogP) is 2.59. The van der Waals surface area contributed by atoms with Gasteiger partial charge >= 0.3 is 18.0 Å². The number of amides is 2. The van der Waals surface area contributed by atoms with Crippen molar-refractivity contribution >= 4 is 18.0 Å². The summed E-state index contributed by atoms with van der Waals surface area (Å²) in [6, 6.07) is 8.01. The molecule has 1 aliphatic carbocycles. The van der Waals surface area contributed by atoms with Crippen LogP contribution in [-0.4, -0.2) is 31.2 Å². The molecule has 1 aliphatic heterocycles. The van der Waals surface area contributed by atoms with E-state index in [2.05, 4.69) is 10.6 Å². The van der Waals surface area contributed by atoms with Crippen molar-refractivity contribution in [1.29, 1.82) is 0 Å². The molecule has 0 aromatic heterocycles. The van der Waals surface area contributed by atoms with Crippen LogP contribution in [0.3, 0.4) is 0 Å². The fraction of sp³-hybridized carbons (Fsp3) is 0.450. The number of esters is 2. The number of hydrogen-bond donors (Lipinski definition) is 2. The van der Waals surface area contributed by atoms with Crippen LogP contribution in [0.25, 0.3) is 0 Å². The molecule has 1 saturated carbocycles. The molecule has 1 fully saturated rings. The van der Waals surface area contributed by atoms with Gasteiger partial charge in [0.1, 0.15) is 6.61 Å². The Kier molecular flexibility index (Phi) is 6.11. The number of urea groups is 1. The van der Waals surface area contributed by atoms with Gasteiger partial charge in [-0.1, -0.05) is 43.2 Å². The fourth-order valence-corrected chi connectivity index (χ4v) is 3.50. The Morgan fingerprint density at radius 3 is 2.48 bits per heavy atom. The van der Waals surface area contributed by atoms with Crippen molar-refractivity contribution in [3.8, 4) is 0 Å². The van der Waals surface area contributed by atoms with Crippen LogP contribution in [0.5, 0.6) is 0 Å².